The molecule has 3 aromatic rings. The highest BCUT2D eigenvalue weighted by atomic mass is 19.1. The van der Waals surface area contributed by atoms with Gasteiger partial charge in [-0.1, -0.05) is 24.3 Å². The number of nitrogens with zero attached hydrogens (tertiary/aromatic N) is 2. The monoisotopic (exact) mass is 465 g/mol. The molecule has 2 heterocycles. The van der Waals surface area contributed by atoms with Crippen molar-refractivity contribution >= 4 is 22.7 Å². The van der Waals surface area contributed by atoms with Gasteiger partial charge in [0.2, 0.25) is 0 Å². The van der Waals surface area contributed by atoms with E-state index in [2.05, 4.69) is 22.1 Å². The molecule has 4 rings (SSSR count). The lowest BCUT2D eigenvalue weighted by molar-refractivity contribution is -0.136. The molecule has 8 heteroatoms. The van der Waals surface area contributed by atoms with Crippen molar-refractivity contribution < 1.29 is 14.3 Å². The van der Waals surface area contributed by atoms with Crippen LogP contribution in [0.5, 0.6) is 0 Å². The number of nitrogens with one attached hydrogen (secondary N) is 1. The Morgan fingerprint density at radius 3 is 2.56 bits per heavy atom. The van der Waals surface area contributed by atoms with Crippen LogP contribution in [0.1, 0.15) is 43.7 Å². The summed E-state index contributed by atoms with van der Waals surface area (Å²) in [5.41, 5.74) is 18.7. The second-order valence-electron chi connectivity index (χ2n) is 9.34. The zero-order valence-corrected chi connectivity index (χ0v) is 19.6. The van der Waals surface area contributed by atoms with Gasteiger partial charge in [-0.2, -0.15) is 0 Å². The maximum Gasteiger partial charge on any atom is 0.307 e. The predicted molar refractivity (Wildman–Crippen MR) is 132 cm³/mol. The first-order valence-electron chi connectivity index (χ1n) is 11.6. The molecule has 0 radical (unpaired) electrons. The maximum atomic E-state index is 14.1. The minimum Gasteiger partial charge on any atom is -0.481 e. The number of carboxylic acids is 1. The molecular weight excluding hydrogens is 433 g/mol. The summed E-state index contributed by atoms with van der Waals surface area (Å²) >= 11 is 0. The van der Waals surface area contributed by atoms with Crippen LogP contribution < -0.4 is 16.8 Å². The molecule has 0 atom stereocenters. The number of fused-ring (bicyclic) bond motifs is 1. The molecule has 34 heavy (non-hydrogen) atoms. The van der Waals surface area contributed by atoms with E-state index < -0.39 is 11.8 Å². The van der Waals surface area contributed by atoms with E-state index in [1.54, 1.807) is 0 Å². The Hall–Kier alpha value is -3.39. The normalized spacial score (nSPS) is 21.4. The Balaban J connectivity index is 1.75. The molecule has 0 spiro atoms. The number of hydrogen-bond acceptors (Lipinski definition) is 5. The molecular formula is C26H32FN5O2. The summed E-state index contributed by atoms with van der Waals surface area (Å²) in [6.07, 6.45) is 6.11. The molecule has 0 saturated heterocycles. The molecule has 1 fully saturated rings. The van der Waals surface area contributed by atoms with Crippen LogP contribution in [0.3, 0.4) is 0 Å². The van der Waals surface area contributed by atoms with E-state index in [1.807, 2.05) is 44.4 Å². The number of nitrogens with two attached hydrogens (primary N) is 2. The number of benzene rings is 1. The molecule has 1 saturated carbocycles. The average Bonchev–Trinajstić information content (AvgIpc) is 3.13. The number of hydrogen-bond donors (Lipinski definition) is 4. The number of alkyl halides is 1. The van der Waals surface area contributed by atoms with Gasteiger partial charge in [0.1, 0.15) is 0 Å². The molecule has 1 aliphatic rings. The van der Waals surface area contributed by atoms with Gasteiger partial charge < -0.3 is 20.7 Å². The fourth-order valence-corrected chi connectivity index (χ4v) is 4.83. The SMILES string of the molecule is CN/C(=C(/C)N)c1cnc2c(-c3ccc(CC(=O)O)cc3)cn(CC3CCC(N)(F)CC3)c2c1. The molecule has 0 amide bonds. The third-order valence-electron chi connectivity index (χ3n) is 6.66. The summed E-state index contributed by atoms with van der Waals surface area (Å²) in [7, 11) is 1.83. The molecule has 0 unspecified atom stereocenters. The van der Waals surface area contributed by atoms with Crippen LogP contribution in [0.15, 0.2) is 48.4 Å². The molecule has 7 nitrogen and oxygen atoms in total. The topological polar surface area (TPSA) is 119 Å². The maximum absolute atomic E-state index is 14.1. The van der Waals surface area contributed by atoms with Gasteiger partial charge in [-0.15, -0.1) is 0 Å². The van der Waals surface area contributed by atoms with Crippen LogP contribution in [-0.2, 0) is 17.8 Å². The molecule has 2 aromatic heterocycles. The first-order chi connectivity index (χ1) is 16.2. The van der Waals surface area contributed by atoms with Crippen molar-refractivity contribution in [2.75, 3.05) is 7.05 Å². The van der Waals surface area contributed by atoms with Gasteiger partial charge in [0.25, 0.3) is 0 Å². The molecule has 0 bridgehead atoms. The van der Waals surface area contributed by atoms with Crippen LogP contribution in [0.4, 0.5) is 4.39 Å². The van der Waals surface area contributed by atoms with Gasteiger partial charge in [0.15, 0.2) is 5.79 Å². The first kappa shape index (κ1) is 23.8. The minimum absolute atomic E-state index is 0.0138. The van der Waals surface area contributed by atoms with Gasteiger partial charge in [-0.25, -0.2) is 4.39 Å². The summed E-state index contributed by atoms with van der Waals surface area (Å²) in [5, 5.41) is 12.2. The summed E-state index contributed by atoms with van der Waals surface area (Å²) in [6.45, 7) is 2.59. The largest absolute Gasteiger partial charge is 0.481 e. The fraction of sp³-hybridized carbons (Fsp3) is 0.385. The average molecular weight is 466 g/mol. The van der Waals surface area contributed by atoms with Crippen LogP contribution >= 0.6 is 0 Å². The van der Waals surface area contributed by atoms with Crippen LogP contribution in [0, 0.1) is 5.92 Å². The number of pyridine rings is 1. The smallest absolute Gasteiger partial charge is 0.307 e. The summed E-state index contributed by atoms with van der Waals surface area (Å²) in [6, 6.07) is 9.62. The fourth-order valence-electron chi connectivity index (χ4n) is 4.83. The van der Waals surface area contributed by atoms with E-state index in [1.165, 1.54) is 0 Å². The lowest BCUT2D eigenvalue weighted by atomic mass is 9.85. The van der Waals surface area contributed by atoms with Gasteiger partial charge >= 0.3 is 5.97 Å². The summed E-state index contributed by atoms with van der Waals surface area (Å²) in [4.78, 5) is 15.8. The Bertz CT molecular complexity index is 1220. The lowest BCUT2D eigenvalue weighted by Crippen LogP contribution is -2.39. The van der Waals surface area contributed by atoms with Crippen LogP contribution in [0.2, 0.25) is 0 Å². The van der Waals surface area contributed by atoms with Crippen molar-refractivity contribution in [1.29, 1.82) is 0 Å². The number of allylic oxidation sites excluding steroid dienone is 1. The summed E-state index contributed by atoms with van der Waals surface area (Å²) < 4.78 is 16.3. The number of aliphatic carboxylic acids is 1. The quantitative estimate of drug-likeness (QED) is 0.392. The zero-order valence-electron chi connectivity index (χ0n) is 19.6. The van der Waals surface area contributed by atoms with E-state index in [9.17, 15) is 9.18 Å². The van der Waals surface area contributed by atoms with E-state index >= 15 is 0 Å². The second-order valence-corrected chi connectivity index (χ2v) is 9.34. The van der Waals surface area contributed by atoms with E-state index in [-0.39, 0.29) is 6.42 Å². The number of carboxylic acid groups (broad SMARTS) is 1. The molecule has 180 valence electrons. The second kappa shape index (κ2) is 9.46. The Labute approximate surface area is 198 Å². The van der Waals surface area contributed by atoms with Gasteiger partial charge in [0, 0.05) is 42.8 Å². The molecule has 1 aromatic carbocycles. The molecule has 1 aliphatic carbocycles. The van der Waals surface area contributed by atoms with Crippen molar-refractivity contribution in [3.63, 3.8) is 0 Å². The Morgan fingerprint density at radius 2 is 1.97 bits per heavy atom. The molecule has 0 aliphatic heterocycles. The van der Waals surface area contributed by atoms with Gasteiger partial charge in [-0.3, -0.25) is 15.5 Å². The number of carbonyl (C=O) groups is 1. The van der Waals surface area contributed by atoms with E-state index in [4.69, 9.17) is 21.6 Å². The van der Waals surface area contributed by atoms with E-state index in [0.29, 0.717) is 24.5 Å². The van der Waals surface area contributed by atoms with Gasteiger partial charge in [0.05, 0.1) is 23.2 Å². The predicted octanol–water partition coefficient (Wildman–Crippen LogP) is 4.01. The number of aromatic nitrogens is 2. The van der Waals surface area contributed by atoms with Crippen LogP contribution in [-0.4, -0.2) is 33.5 Å². The van der Waals surface area contributed by atoms with E-state index in [0.717, 1.165) is 58.4 Å². The highest BCUT2D eigenvalue weighted by Gasteiger charge is 2.31. The lowest BCUT2D eigenvalue weighted by Gasteiger charge is -2.31. The van der Waals surface area contributed by atoms with Crippen molar-refractivity contribution in [3.8, 4) is 11.1 Å². The molecule has 6 N–H and O–H groups in total. The zero-order chi connectivity index (χ0) is 24.5. The highest BCUT2D eigenvalue weighted by Crippen LogP contribution is 2.35. The third-order valence-corrected chi connectivity index (χ3v) is 6.66. The standard InChI is InChI=1S/C26H32FN5O2/c1-16(28)24(30-2)20-12-22-25(31-13-20)21(19-5-3-17(4-6-19)11-23(33)34)15-32(22)14-18-7-9-26(27,29)10-8-18/h3-6,12-13,15,18,30H,7-11,14,28-29H2,1-2H3,(H,33,34)/b24-16-. The van der Waals surface area contributed by atoms with Gasteiger partial charge in [-0.05, 0) is 55.7 Å². The Kier molecular flexibility index (Phi) is 6.61. The van der Waals surface area contributed by atoms with Crippen molar-refractivity contribution in [2.24, 2.45) is 17.4 Å². The Morgan fingerprint density at radius 1 is 1.29 bits per heavy atom. The van der Waals surface area contributed by atoms with Crippen molar-refractivity contribution in [1.82, 2.24) is 14.9 Å². The summed E-state index contributed by atoms with van der Waals surface area (Å²) in [5.74, 6) is -2.09. The number of rotatable bonds is 7. The van der Waals surface area contributed by atoms with Crippen LogP contribution in [0.25, 0.3) is 27.9 Å². The van der Waals surface area contributed by atoms with Crippen molar-refractivity contribution in [2.45, 2.75) is 51.4 Å². The number of halogens is 1. The minimum atomic E-state index is -1.56. The van der Waals surface area contributed by atoms with Crippen molar-refractivity contribution in [3.05, 3.63) is 59.5 Å². The highest BCUT2D eigenvalue weighted by molar-refractivity contribution is 5.94. The first-order valence-corrected chi connectivity index (χ1v) is 11.6. The third kappa shape index (κ3) is 5.07.